The van der Waals surface area contributed by atoms with Gasteiger partial charge in [-0.05, 0) is 68.6 Å². The average molecular weight is 348 g/mol. The van der Waals surface area contributed by atoms with Gasteiger partial charge < -0.3 is 5.32 Å². The third-order valence-electron chi connectivity index (χ3n) is 5.36. The minimum absolute atomic E-state index is 0.141. The largest absolute Gasteiger partial charge is 0.349 e. The normalized spacial score (nSPS) is 22.0. The zero-order valence-electron chi connectivity index (χ0n) is 13.8. The van der Waals surface area contributed by atoms with Crippen molar-refractivity contribution in [1.29, 1.82) is 0 Å². The van der Waals surface area contributed by atoms with Gasteiger partial charge in [0, 0.05) is 24.7 Å². The molecule has 0 bridgehead atoms. The van der Waals surface area contributed by atoms with Gasteiger partial charge >= 0.3 is 0 Å². The highest BCUT2D eigenvalue weighted by Gasteiger charge is 2.42. The van der Waals surface area contributed by atoms with E-state index < -0.39 is 10.0 Å². The molecule has 130 valence electrons. The van der Waals surface area contributed by atoms with Gasteiger partial charge in [0.1, 0.15) is 0 Å². The van der Waals surface area contributed by atoms with Crippen molar-refractivity contribution in [2.24, 2.45) is 11.8 Å². The van der Waals surface area contributed by atoms with Gasteiger partial charge in [0.15, 0.2) is 0 Å². The van der Waals surface area contributed by atoms with E-state index in [-0.39, 0.29) is 16.8 Å². The highest BCUT2D eigenvalue weighted by atomic mass is 32.2. The fourth-order valence-electron chi connectivity index (χ4n) is 3.64. The molecule has 0 unspecified atom stereocenters. The standard InChI is InChI=1S/C18H24N2O3S/c21-18(19-17(13-6-7-13)14-8-9-14)15-4-3-5-16(12-15)24(22,23)20-10-1-2-11-20/h3-5,12-14,17H,1-2,6-11H2,(H,19,21). The monoisotopic (exact) mass is 348 g/mol. The van der Waals surface area contributed by atoms with Crippen LogP contribution in [0, 0.1) is 11.8 Å². The first-order valence-corrected chi connectivity index (χ1v) is 10.4. The lowest BCUT2D eigenvalue weighted by Crippen LogP contribution is -2.38. The van der Waals surface area contributed by atoms with E-state index in [1.165, 1.54) is 36.1 Å². The minimum Gasteiger partial charge on any atom is -0.349 e. The van der Waals surface area contributed by atoms with Crippen LogP contribution in [-0.4, -0.2) is 37.8 Å². The number of sulfonamides is 1. The van der Waals surface area contributed by atoms with Crippen LogP contribution in [-0.2, 0) is 10.0 Å². The van der Waals surface area contributed by atoms with E-state index in [1.807, 2.05) is 0 Å². The Morgan fingerprint density at radius 3 is 2.29 bits per heavy atom. The third-order valence-corrected chi connectivity index (χ3v) is 7.25. The van der Waals surface area contributed by atoms with Crippen molar-refractivity contribution in [2.75, 3.05) is 13.1 Å². The Hall–Kier alpha value is -1.40. The van der Waals surface area contributed by atoms with Gasteiger partial charge in [-0.2, -0.15) is 4.31 Å². The number of benzene rings is 1. The quantitative estimate of drug-likeness (QED) is 0.858. The molecule has 4 rings (SSSR count). The molecule has 24 heavy (non-hydrogen) atoms. The van der Waals surface area contributed by atoms with Crippen molar-refractivity contribution in [3.05, 3.63) is 29.8 Å². The van der Waals surface area contributed by atoms with E-state index >= 15 is 0 Å². The summed E-state index contributed by atoms with van der Waals surface area (Å²) >= 11 is 0. The van der Waals surface area contributed by atoms with Crippen molar-refractivity contribution in [2.45, 2.75) is 49.5 Å². The summed E-state index contributed by atoms with van der Waals surface area (Å²) in [5.74, 6) is 1.10. The van der Waals surface area contributed by atoms with Gasteiger partial charge in [0.05, 0.1) is 4.90 Å². The molecule has 5 nitrogen and oxygen atoms in total. The van der Waals surface area contributed by atoms with Crippen molar-refractivity contribution >= 4 is 15.9 Å². The molecule has 1 amide bonds. The smallest absolute Gasteiger partial charge is 0.251 e. The van der Waals surface area contributed by atoms with Crippen LogP contribution in [0.3, 0.4) is 0 Å². The third kappa shape index (κ3) is 3.22. The SMILES string of the molecule is O=C(NC(C1CC1)C1CC1)c1cccc(S(=O)(=O)N2CCCC2)c1. The topological polar surface area (TPSA) is 66.5 Å². The van der Waals surface area contributed by atoms with Gasteiger partial charge in [-0.3, -0.25) is 4.79 Å². The van der Waals surface area contributed by atoms with Crippen molar-refractivity contribution in [1.82, 2.24) is 9.62 Å². The molecule has 1 N–H and O–H groups in total. The summed E-state index contributed by atoms with van der Waals surface area (Å²) in [6.07, 6.45) is 6.61. The first-order valence-electron chi connectivity index (χ1n) is 8.97. The van der Waals surface area contributed by atoms with E-state index in [2.05, 4.69) is 5.32 Å². The number of nitrogens with zero attached hydrogens (tertiary/aromatic N) is 1. The van der Waals surface area contributed by atoms with E-state index in [1.54, 1.807) is 18.2 Å². The lowest BCUT2D eigenvalue weighted by atomic mass is 10.1. The lowest BCUT2D eigenvalue weighted by Gasteiger charge is -2.19. The molecule has 1 heterocycles. The molecule has 0 atom stereocenters. The predicted octanol–water partition coefficient (Wildman–Crippen LogP) is 2.39. The van der Waals surface area contributed by atoms with Crippen molar-refractivity contribution in [3.8, 4) is 0 Å². The van der Waals surface area contributed by atoms with Gasteiger partial charge in [0.2, 0.25) is 10.0 Å². The number of nitrogens with one attached hydrogen (secondary N) is 1. The molecular formula is C18H24N2O3S. The van der Waals surface area contributed by atoms with Crippen LogP contribution in [0.4, 0.5) is 0 Å². The fraction of sp³-hybridized carbons (Fsp3) is 0.611. The number of amides is 1. The van der Waals surface area contributed by atoms with E-state index in [0.717, 1.165) is 12.8 Å². The zero-order valence-corrected chi connectivity index (χ0v) is 14.6. The van der Waals surface area contributed by atoms with Crippen LogP contribution in [0.5, 0.6) is 0 Å². The van der Waals surface area contributed by atoms with Crippen LogP contribution in [0.15, 0.2) is 29.2 Å². The molecule has 2 aliphatic carbocycles. The van der Waals surface area contributed by atoms with Gasteiger partial charge in [-0.25, -0.2) is 8.42 Å². The highest BCUT2D eigenvalue weighted by Crippen LogP contribution is 2.44. The molecule has 2 saturated carbocycles. The Kier molecular flexibility index (Phi) is 4.12. The summed E-state index contributed by atoms with van der Waals surface area (Å²) in [5, 5.41) is 3.16. The Bertz CT molecular complexity index is 720. The summed E-state index contributed by atoms with van der Waals surface area (Å²) < 4.78 is 26.8. The summed E-state index contributed by atoms with van der Waals surface area (Å²) in [6.45, 7) is 1.15. The van der Waals surface area contributed by atoms with Gasteiger partial charge in [0.25, 0.3) is 5.91 Å². The second-order valence-corrected chi connectivity index (χ2v) is 9.25. The van der Waals surface area contributed by atoms with Crippen molar-refractivity contribution < 1.29 is 13.2 Å². The lowest BCUT2D eigenvalue weighted by molar-refractivity contribution is 0.0926. The Labute approximate surface area is 143 Å². The van der Waals surface area contributed by atoms with Gasteiger partial charge in [-0.15, -0.1) is 0 Å². The molecule has 1 aromatic rings. The van der Waals surface area contributed by atoms with Crippen LogP contribution in [0.2, 0.25) is 0 Å². The number of carbonyl (C=O) groups is 1. The first-order chi connectivity index (χ1) is 11.6. The highest BCUT2D eigenvalue weighted by molar-refractivity contribution is 7.89. The second kappa shape index (κ2) is 6.15. The maximum atomic E-state index is 12.7. The Morgan fingerprint density at radius 2 is 1.71 bits per heavy atom. The molecule has 1 saturated heterocycles. The summed E-state index contributed by atoms with van der Waals surface area (Å²) in [5.41, 5.74) is 0.446. The molecule has 3 aliphatic rings. The Balaban J connectivity index is 1.52. The summed E-state index contributed by atoms with van der Waals surface area (Å²) in [6, 6.07) is 6.76. The van der Waals surface area contributed by atoms with E-state index in [4.69, 9.17) is 0 Å². The average Bonchev–Trinajstić information content (AvgIpc) is 3.52. The molecule has 3 fully saturated rings. The molecule has 6 heteroatoms. The van der Waals surface area contributed by atoms with Crippen LogP contribution < -0.4 is 5.32 Å². The second-order valence-electron chi connectivity index (χ2n) is 7.31. The van der Waals surface area contributed by atoms with Gasteiger partial charge in [-0.1, -0.05) is 6.07 Å². The molecule has 1 aliphatic heterocycles. The molecular weight excluding hydrogens is 324 g/mol. The number of rotatable bonds is 6. The molecule has 0 radical (unpaired) electrons. The zero-order chi connectivity index (χ0) is 16.7. The molecule has 0 aromatic heterocycles. The van der Waals surface area contributed by atoms with E-state index in [0.29, 0.717) is 30.5 Å². The first kappa shape index (κ1) is 16.1. The number of hydrogen-bond donors (Lipinski definition) is 1. The summed E-state index contributed by atoms with van der Waals surface area (Å²) in [4.78, 5) is 12.8. The fourth-order valence-corrected chi connectivity index (χ4v) is 5.20. The predicted molar refractivity (Wildman–Crippen MR) is 91.1 cm³/mol. The summed E-state index contributed by atoms with van der Waals surface area (Å²) in [7, 11) is -3.48. The van der Waals surface area contributed by atoms with E-state index in [9.17, 15) is 13.2 Å². The molecule has 0 spiro atoms. The Morgan fingerprint density at radius 1 is 1.08 bits per heavy atom. The number of carbonyl (C=O) groups excluding carboxylic acids is 1. The van der Waals surface area contributed by atoms with Crippen molar-refractivity contribution in [3.63, 3.8) is 0 Å². The number of hydrogen-bond acceptors (Lipinski definition) is 3. The van der Waals surface area contributed by atoms with Crippen LogP contribution >= 0.6 is 0 Å². The maximum Gasteiger partial charge on any atom is 0.251 e. The van der Waals surface area contributed by atoms with Crippen LogP contribution in [0.25, 0.3) is 0 Å². The maximum absolute atomic E-state index is 12.7. The minimum atomic E-state index is -3.48. The molecule has 1 aromatic carbocycles. The van der Waals surface area contributed by atoms with Crippen LogP contribution in [0.1, 0.15) is 48.9 Å².